The van der Waals surface area contributed by atoms with Gasteiger partial charge in [0.2, 0.25) is 0 Å². The average molecular weight is 736 g/mol. The van der Waals surface area contributed by atoms with Crippen LogP contribution in [0.2, 0.25) is 0 Å². The van der Waals surface area contributed by atoms with E-state index in [2.05, 4.69) is 20.3 Å². The summed E-state index contributed by atoms with van der Waals surface area (Å²) >= 11 is 0. The summed E-state index contributed by atoms with van der Waals surface area (Å²) in [6.45, 7) is -0.0721. The Hall–Kier alpha value is -5.56. The zero-order valence-corrected chi connectivity index (χ0v) is 29.1. The smallest absolute Gasteiger partial charge is 0.488 e. The molecule has 53 heavy (non-hydrogen) atoms. The van der Waals surface area contributed by atoms with Crippen LogP contribution < -0.4 is 19.7 Å². The van der Waals surface area contributed by atoms with Gasteiger partial charge in [0.15, 0.2) is 17.0 Å². The molecule has 1 aliphatic heterocycles. The second-order valence-corrected chi connectivity index (χ2v) is 12.6. The molecule has 7 rings (SSSR count). The maximum atomic E-state index is 12.9. The molecular formula is C39H38N5O8P. The number of carbonyl (C=O) groups is 1. The highest BCUT2D eigenvalue weighted by Crippen LogP contribution is 2.44. The van der Waals surface area contributed by atoms with E-state index in [0.717, 1.165) is 16.7 Å². The van der Waals surface area contributed by atoms with Gasteiger partial charge in [-0.05, 0) is 57.7 Å². The lowest BCUT2D eigenvalue weighted by molar-refractivity contribution is -0.192. The lowest BCUT2D eigenvalue weighted by Gasteiger charge is -2.37. The summed E-state index contributed by atoms with van der Waals surface area (Å²) < 4.78 is 43.5. The molecule has 0 radical (unpaired) electrons. The third-order valence-electron chi connectivity index (χ3n) is 8.98. The number of carbonyl (C=O) groups excluding carboxylic acids is 1. The van der Waals surface area contributed by atoms with Crippen molar-refractivity contribution in [3.8, 4) is 11.5 Å². The number of hydrogen-bond acceptors (Lipinski definition) is 11. The topological polar surface area (TPSA) is 159 Å². The molecule has 6 aromatic rings. The number of anilines is 1. The largest absolute Gasteiger partial charge is 0.566 e. The lowest BCUT2D eigenvalue weighted by Crippen LogP contribution is -2.38. The molecule has 1 fully saturated rings. The standard InChI is InChI=1S/C38H34N5O8P.CH4/c1-47-29-17-13-27(14-18-29)38(26-11-7-4-8-12-26,28-15-19-30(48-2)20-16-28)49-22-32-31(51-52(45)46)21-33(50-32)43-24-41-34-35(39-23-40-36(34)43)42-37(44)25-9-5-3-6-10-25;/h3-20,23-24,31-33H,21-22H2,1-2H3,(H,39,40,42,44);1H4/t31-,32-,33-;/m1./s1. The van der Waals surface area contributed by atoms with Gasteiger partial charge in [-0.1, -0.05) is 80.2 Å². The first-order valence-corrected chi connectivity index (χ1v) is 17.5. The van der Waals surface area contributed by atoms with Crippen LogP contribution >= 0.6 is 8.25 Å². The predicted octanol–water partition coefficient (Wildman–Crippen LogP) is 6.43. The van der Waals surface area contributed by atoms with E-state index >= 15 is 0 Å². The molecule has 1 amide bonds. The van der Waals surface area contributed by atoms with Crippen molar-refractivity contribution in [2.24, 2.45) is 0 Å². The first kappa shape index (κ1) is 37.2. The fourth-order valence-electron chi connectivity index (χ4n) is 6.45. The molecular weight excluding hydrogens is 697 g/mol. The number of imidazole rings is 1. The number of ether oxygens (including phenoxy) is 4. The summed E-state index contributed by atoms with van der Waals surface area (Å²) in [5.41, 5.74) is 2.43. The van der Waals surface area contributed by atoms with Crippen LogP contribution in [0.3, 0.4) is 0 Å². The van der Waals surface area contributed by atoms with Gasteiger partial charge in [0.1, 0.15) is 41.9 Å². The van der Waals surface area contributed by atoms with Gasteiger partial charge in [-0.2, -0.15) is 0 Å². The van der Waals surface area contributed by atoms with Crippen LogP contribution in [-0.4, -0.2) is 58.5 Å². The first-order valence-electron chi connectivity index (χ1n) is 16.4. The van der Waals surface area contributed by atoms with Crippen LogP contribution in [-0.2, 0) is 24.2 Å². The molecule has 4 aromatic carbocycles. The molecule has 0 aliphatic carbocycles. The fraction of sp³-hybridized carbons (Fsp3) is 0.231. The lowest BCUT2D eigenvalue weighted by atomic mass is 9.80. The Bertz CT molecular complexity index is 2100. The van der Waals surface area contributed by atoms with Crippen LogP contribution in [0, 0.1) is 0 Å². The van der Waals surface area contributed by atoms with E-state index < -0.39 is 32.3 Å². The van der Waals surface area contributed by atoms with Gasteiger partial charge in [0.25, 0.3) is 5.91 Å². The summed E-state index contributed by atoms with van der Waals surface area (Å²) in [6, 6.07) is 33.6. The van der Waals surface area contributed by atoms with Crippen LogP contribution in [0.1, 0.15) is 47.1 Å². The Morgan fingerprint density at radius 3 is 2.04 bits per heavy atom. The minimum atomic E-state index is -3.23. The van der Waals surface area contributed by atoms with Gasteiger partial charge in [0.05, 0.1) is 27.2 Å². The third kappa shape index (κ3) is 7.66. The molecule has 4 atom stereocenters. The van der Waals surface area contributed by atoms with Crippen molar-refractivity contribution in [2.45, 2.75) is 37.9 Å². The molecule has 0 bridgehead atoms. The molecule has 1 unspecified atom stereocenters. The number of amides is 1. The zero-order chi connectivity index (χ0) is 36.1. The fourth-order valence-corrected chi connectivity index (χ4v) is 6.89. The van der Waals surface area contributed by atoms with Crippen LogP contribution in [0.5, 0.6) is 11.5 Å². The van der Waals surface area contributed by atoms with Gasteiger partial charge in [-0.25, -0.2) is 15.0 Å². The Morgan fingerprint density at radius 1 is 0.868 bits per heavy atom. The van der Waals surface area contributed by atoms with Gasteiger partial charge >= 0.3 is 8.25 Å². The maximum absolute atomic E-state index is 12.9. The van der Waals surface area contributed by atoms with Crippen molar-refractivity contribution >= 4 is 31.1 Å². The number of benzene rings is 4. The number of nitrogens with zero attached hydrogens (tertiary/aromatic N) is 4. The molecule has 1 N–H and O–H groups in total. The highest BCUT2D eigenvalue weighted by molar-refractivity contribution is 7.30. The first-order chi connectivity index (χ1) is 25.4. The van der Waals surface area contributed by atoms with Gasteiger partial charge in [-0.3, -0.25) is 9.36 Å². The normalized spacial score (nSPS) is 17.2. The maximum Gasteiger partial charge on any atom is 0.488 e. The van der Waals surface area contributed by atoms with Crippen molar-refractivity contribution in [1.29, 1.82) is 0 Å². The number of methoxy groups -OCH3 is 2. The predicted molar refractivity (Wildman–Crippen MR) is 196 cm³/mol. The molecule has 14 heteroatoms. The van der Waals surface area contributed by atoms with Crippen molar-refractivity contribution in [1.82, 2.24) is 19.5 Å². The van der Waals surface area contributed by atoms with Crippen LogP contribution in [0.25, 0.3) is 11.2 Å². The second-order valence-electron chi connectivity index (χ2n) is 11.9. The number of aromatic nitrogens is 4. The van der Waals surface area contributed by atoms with Gasteiger partial charge in [0, 0.05) is 12.0 Å². The molecule has 2 aromatic heterocycles. The Kier molecular flexibility index (Phi) is 11.5. The summed E-state index contributed by atoms with van der Waals surface area (Å²) in [6.07, 6.45) is 0.498. The summed E-state index contributed by atoms with van der Waals surface area (Å²) in [7, 11) is -0.0245. The van der Waals surface area contributed by atoms with E-state index in [4.69, 9.17) is 23.5 Å². The summed E-state index contributed by atoms with van der Waals surface area (Å²) in [5.74, 6) is 1.22. The monoisotopic (exact) mass is 735 g/mol. The summed E-state index contributed by atoms with van der Waals surface area (Å²) in [4.78, 5) is 38.0. The average Bonchev–Trinajstić information content (AvgIpc) is 3.80. The van der Waals surface area contributed by atoms with Gasteiger partial charge in [-0.15, -0.1) is 4.52 Å². The van der Waals surface area contributed by atoms with E-state index in [-0.39, 0.29) is 32.2 Å². The minimum Gasteiger partial charge on any atom is -0.566 e. The van der Waals surface area contributed by atoms with E-state index in [1.54, 1.807) is 43.1 Å². The Balaban J connectivity index is 0.00000481. The van der Waals surface area contributed by atoms with E-state index in [0.29, 0.717) is 28.2 Å². The molecule has 1 aliphatic rings. The van der Waals surface area contributed by atoms with Crippen molar-refractivity contribution < 1.29 is 37.7 Å². The molecule has 0 spiro atoms. The second kappa shape index (κ2) is 16.4. The van der Waals surface area contributed by atoms with Gasteiger partial charge < -0.3 is 29.2 Å². The number of nitrogens with one attached hydrogen (secondary N) is 1. The molecule has 272 valence electrons. The molecule has 1 saturated heterocycles. The van der Waals surface area contributed by atoms with E-state index in [1.165, 1.54) is 12.7 Å². The van der Waals surface area contributed by atoms with Crippen LogP contribution in [0.15, 0.2) is 122 Å². The minimum absolute atomic E-state index is 0. The third-order valence-corrected chi connectivity index (χ3v) is 9.42. The molecule has 0 saturated carbocycles. The number of rotatable bonds is 13. The number of fused-ring (bicyclic) bond motifs is 1. The van der Waals surface area contributed by atoms with E-state index in [9.17, 15) is 14.3 Å². The Labute approximate surface area is 307 Å². The summed E-state index contributed by atoms with van der Waals surface area (Å²) in [5, 5.41) is 2.80. The SMILES string of the molecule is C.COc1ccc(C(OC[C@H]2O[C@@H](n3cnc4c(NC(=O)c5ccccc5)ncnc43)C[C@H]2O[P+](=O)[O-])(c2ccccc2)c2ccc(OC)cc2)cc1. The van der Waals surface area contributed by atoms with Crippen LogP contribution in [0.4, 0.5) is 5.82 Å². The molecule has 13 nitrogen and oxygen atoms in total. The van der Waals surface area contributed by atoms with Crippen molar-refractivity contribution in [2.75, 3.05) is 26.1 Å². The van der Waals surface area contributed by atoms with Crippen molar-refractivity contribution in [3.63, 3.8) is 0 Å². The van der Waals surface area contributed by atoms with Crippen molar-refractivity contribution in [3.05, 3.63) is 144 Å². The zero-order valence-electron chi connectivity index (χ0n) is 28.2. The highest BCUT2D eigenvalue weighted by atomic mass is 31.1. The number of hydrogen-bond donors (Lipinski definition) is 1. The quantitative estimate of drug-likeness (QED) is 0.103. The molecule has 3 heterocycles. The highest BCUT2D eigenvalue weighted by Gasteiger charge is 2.45. The van der Waals surface area contributed by atoms with E-state index in [1.807, 2.05) is 84.9 Å². The Morgan fingerprint density at radius 2 is 1.45 bits per heavy atom.